The van der Waals surface area contributed by atoms with E-state index in [-0.39, 0.29) is 6.61 Å². The molecule has 6 heteroatoms. The zero-order chi connectivity index (χ0) is 13.8. The first kappa shape index (κ1) is 13.4. The number of halogens is 1. The maximum atomic E-state index is 11.0. The molecule has 0 bridgehead atoms. The van der Waals surface area contributed by atoms with Crippen molar-refractivity contribution in [2.24, 2.45) is 7.05 Å². The van der Waals surface area contributed by atoms with E-state index in [2.05, 4.69) is 9.84 Å². The van der Waals surface area contributed by atoms with Gasteiger partial charge in [0, 0.05) is 23.7 Å². The van der Waals surface area contributed by atoms with E-state index < -0.39 is 5.97 Å². The summed E-state index contributed by atoms with van der Waals surface area (Å²) < 4.78 is 11.4. The number of methoxy groups -OCH3 is 1. The van der Waals surface area contributed by atoms with Crippen molar-refractivity contribution >= 4 is 17.6 Å². The Hall–Kier alpha value is -2.01. The van der Waals surface area contributed by atoms with Crippen molar-refractivity contribution in [2.45, 2.75) is 0 Å². The van der Waals surface area contributed by atoms with Gasteiger partial charge in [0.1, 0.15) is 0 Å². The lowest BCUT2D eigenvalue weighted by Crippen LogP contribution is -2.12. The largest absolute Gasteiger partial charge is 0.466 e. The molecule has 0 amide bonds. The van der Waals surface area contributed by atoms with Crippen LogP contribution in [0, 0.1) is 0 Å². The molecule has 2 aromatic rings. The number of benzene rings is 1. The summed E-state index contributed by atoms with van der Waals surface area (Å²) in [7, 11) is 3.10. The zero-order valence-corrected chi connectivity index (χ0v) is 11.3. The average Bonchev–Trinajstić information content (AvgIpc) is 2.77. The number of aryl methyl sites for hydroxylation is 1. The highest BCUT2D eigenvalue weighted by atomic mass is 35.5. The van der Waals surface area contributed by atoms with Gasteiger partial charge in [0.2, 0.25) is 5.88 Å². The Bertz CT molecular complexity index is 595. The number of nitrogens with zero attached hydrogens (tertiary/aromatic N) is 2. The van der Waals surface area contributed by atoms with Gasteiger partial charge in [0.05, 0.1) is 12.8 Å². The van der Waals surface area contributed by atoms with Gasteiger partial charge in [-0.3, -0.25) is 4.68 Å². The molecule has 0 aliphatic rings. The fraction of sp³-hybridized carbons (Fsp3) is 0.231. The van der Waals surface area contributed by atoms with Gasteiger partial charge in [0.15, 0.2) is 6.61 Å². The number of carbonyl (C=O) groups is 1. The summed E-state index contributed by atoms with van der Waals surface area (Å²) in [4.78, 5) is 11.0. The van der Waals surface area contributed by atoms with Gasteiger partial charge in [0.25, 0.3) is 0 Å². The van der Waals surface area contributed by atoms with Crippen LogP contribution in [0.3, 0.4) is 0 Å². The number of carbonyl (C=O) groups excluding carboxylic acids is 1. The van der Waals surface area contributed by atoms with Gasteiger partial charge >= 0.3 is 5.97 Å². The SMILES string of the molecule is COC(=O)COc1cc(-c2cccc(Cl)c2)n(C)n1. The number of aromatic nitrogens is 2. The quantitative estimate of drug-likeness (QED) is 0.807. The first-order valence-electron chi connectivity index (χ1n) is 5.59. The van der Waals surface area contributed by atoms with Crippen molar-refractivity contribution in [3.63, 3.8) is 0 Å². The first-order valence-corrected chi connectivity index (χ1v) is 5.97. The monoisotopic (exact) mass is 280 g/mol. The number of rotatable bonds is 4. The Kier molecular flexibility index (Phi) is 4.06. The Morgan fingerprint density at radius 2 is 2.21 bits per heavy atom. The third kappa shape index (κ3) is 3.26. The molecule has 1 aromatic heterocycles. The van der Waals surface area contributed by atoms with Gasteiger partial charge in [-0.2, -0.15) is 0 Å². The van der Waals surface area contributed by atoms with E-state index in [1.807, 2.05) is 18.2 Å². The van der Waals surface area contributed by atoms with Crippen molar-refractivity contribution < 1.29 is 14.3 Å². The van der Waals surface area contributed by atoms with Gasteiger partial charge in [-0.05, 0) is 12.1 Å². The number of hydrogen-bond acceptors (Lipinski definition) is 4. The predicted molar refractivity (Wildman–Crippen MR) is 71.2 cm³/mol. The predicted octanol–water partition coefficient (Wildman–Crippen LogP) is 2.29. The topological polar surface area (TPSA) is 53.4 Å². The lowest BCUT2D eigenvalue weighted by molar-refractivity contribution is -0.143. The second kappa shape index (κ2) is 5.75. The Morgan fingerprint density at radius 3 is 2.89 bits per heavy atom. The molecule has 5 nitrogen and oxygen atoms in total. The highest BCUT2D eigenvalue weighted by molar-refractivity contribution is 6.30. The summed E-state index contributed by atoms with van der Waals surface area (Å²) in [5.74, 6) is -0.0853. The minimum absolute atomic E-state index is 0.164. The van der Waals surface area contributed by atoms with E-state index >= 15 is 0 Å². The third-order valence-corrected chi connectivity index (χ3v) is 2.78. The summed E-state index contributed by atoms with van der Waals surface area (Å²) in [5.41, 5.74) is 1.78. The third-order valence-electron chi connectivity index (χ3n) is 2.54. The molecule has 1 heterocycles. The molecule has 0 fully saturated rings. The van der Waals surface area contributed by atoms with Crippen molar-refractivity contribution in [2.75, 3.05) is 13.7 Å². The summed E-state index contributed by atoms with van der Waals surface area (Å²) >= 11 is 5.95. The van der Waals surface area contributed by atoms with Crippen LogP contribution in [0.15, 0.2) is 30.3 Å². The van der Waals surface area contributed by atoms with Crippen molar-refractivity contribution in [3.8, 4) is 17.1 Å². The van der Waals surface area contributed by atoms with Crippen molar-refractivity contribution in [3.05, 3.63) is 35.4 Å². The van der Waals surface area contributed by atoms with Crippen LogP contribution in [0.1, 0.15) is 0 Å². The summed E-state index contributed by atoms with van der Waals surface area (Å²) in [6.07, 6.45) is 0. The van der Waals surface area contributed by atoms with Gasteiger partial charge in [-0.15, -0.1) is 5.10 Å². The maximum absolute atomic E-state index is 11.0. The standard InChI is InChI=1S/C13H13ClN2O3/c1-16-11(9-4-3-5-10(14)6-9)7-12(15-16)19-8-13(17)18-2/h3-7H,8H2,1-2H3. The first-order chi connectivity index (χ1) is 9.10. The summed E-state index contributed by atoms with van der Waals surface area (Å²) in [6, 6.07) is 9.17. The number of ether oxygens (including phenoxy) is 2. The second-order valence-electron chi connectivity index (χ2n) is 3.87. The molecule has 0 saturated carbocycles. The van der Waals surface area contributed by atoms with Crippen molar-refractivity contribution in [1.29, 1.82) is 0 Å². The smallest absolute Gasteiger partial charge is 0.343 e. The molecule has 0 saturated heterocycles. The van der Waals surface area contributed by atoms with Crippen LogP contribution >= 0.6 is 11.6 Å². The fourth-order valence-corrected chi connectivity index (χ4v) is 1.81. The molecule has 0 atom stereocenters. The van der Waals surface area contributed by atoms with E-state index in [4.69, 9.17) is 16.3 Å². The Balaban J connectivity index is 2.19. The van der Waals surface area contributed by atoms with E-state index in [0.29, 0.717) is 10.9 Å². The molecule has 0 spiro atoms. The lowest BCUT2D eigenvalue weighted by Gasteiger charge is -2.01. The van der Waals surface area contributed by atoms with Crippen molar-refractivity contribution in [1.82, 2.24) is 9.78 Å². The molecule has 2 rings (SSSR count). The molecular weight excluding hydrogens is 268 g/mol. The fourth-order valence-electron chi connectivity index (χ4n) is 1.62. The van der Waals surface area contributed by atoms with Crippen LogP contribution < -0.4 is 4.74 Å². The van der Waals surface area contributed by atoms with Crippen LogP contribution in [-0.4, -0.2) is 29.5 Å². The van der Waals surface area contributed by atoms with Gasteiger partial charge in [-0.25, -0.2) is 4.79 Å². The minimum Gasteiger partial charge on any atom is -0.466 e. The molecule has 0 aliphatic heterocycles. The molecule has 19 heavy (non-hydrogen) atoms. The molecule has 1 aromatic carbocycles. The second-order valence-corrected chi connectivity index (χ2v) is 4.30. The maximum Gasteiger partial charge on any atom is 0.343 e. The molecule has 0 radical (unpaired) electrons. The van der Waals surface area contributed by atoms with E-state index in [1.54, 1.807) is 23.9 Å². The van der Waals surface area contributed by atoms with Gasteiger partial charge < -0.3 is 9.47 Å². The van der Waals surface area contributed by atoms with E-state index in [9.17, 15) is 4.79 Å². The summed E-state index contributed by atoms with van der Waals surface area (Å²) in [5, 5.41) is 4.82. The molecule has 0 N–H and O–H groups in total. The highest BCUT2D eigenvalue weighted by Crippen LogP contribution is 2.25. The van der Waals surface area contributed by atoms with Crippen LogP contribution in [0.5, 0.6) is 5.88 Å². The number of hydrogen-bond donors (Lipinski definition) is 0. The van der Waals surface area contributed by atoms with Crippen LogP contribution in [0.4, 0.5) is 0 Å². The van der Waals surface area contributed by atoms with Crippen LogP contribution in [0.2, 0.25) is 5.02 Å². The average molecular weight is 281 g/mol. The van der Waals surface area contributed by atoms with E-state index in [0.717, 1.165) is 11.3 Å². The molecule has 0 unspecified atom stereocenters. The summed E-state index contributed by atoms with van der Waals surface area (Å²) in [6.45, 7) is -0.164. The normalized spacial score (nSPS) is 10.3. The minimum atomic E-state index is -0.449. The van der Waals surface area contributed by atoms with E-state index in [1.165, 1.54) is 7.11 Å². The molecule has 100 valence electrons. The van der Waals surface area contributed by atoms with Crippen LogP contribution in [-0.2, 0) is 16.6 Å². The van der Waals surface area contributed by atoms with Crippen LogP contribution in [0.25, 0.3) is 11.3 Å². The Morgan fingerprint density at radius 1 is 1.42 bits per heavy atom. The number of esters is 1. The lowest BCUT2D eigenvalue weighted by atomic mass is 10.1. The molecule has 0 aliphatic carbocycles. The zero-order valence-electron chi connectivity index (χ0n) is 10.6. The van der Waals surface area contributed by atoms with Gasteiger partial charge in [-0.1, -0.05) is 23.7 Å². The molecular formula is C13H13ClN2O3. The Labute approximate surface area is 115 Å². The highest BCUT2D eigenvalue weighted by Gasteiger charge is 2.10.